The standard InChI is InChI=1S/C14H17BrFNO3/c15-11-2-1-3-12(16)13(11)14(19)17-6-4-10(5-7-17)20-9-8-18/h1-3,10,18H,4-9H2. The van der Waals surface area contributed by atoms with E-state index in [1.807, 2.05) is 0 Å². The predicted molar refractivity (Wildman–Crippen MR) is 76.1 cm³/mol. The Hall–Kier alpha value is -0.980. The molecule has 110 valence electrons. The third kappa shape index (κ3) is 3.56. The number of amides is 1. The molecule has 2 rings (SSSR count). The lowest BCUT2D eigenvalue weighted by Crippen LogP contribution is -2.41. The average molecular weight is 346 g/mol. The molecule has 0 aromatic heterocycles. The summed E-state index contributed by atoms with van der Waals surface area (Å²) < 4.78 is 19.7. The van der Waals surface area contributed by atoms with E-state index in [9.17, 15) is 9.18 Å². The summed E-state index contributed by atoms with van der Waals surface area (Å²) >= 11 is 3.22. The van der Waals surface area contributed by atoms with Gasteiger partial charge in [-0.05, 0) is 40.9 Å². The fraction of sp³-hybridized carbons (Fsp3) is 0.500. The van der Waals surface area contributed by atoms with Gasteiger partial charge in [0.25, 0.3) is 5.91 Å². The molecule has 0 bridgehead atoms. The van der Waals surface area contributed by atoms with Gasteiger partial charge in [0.1, 0.15) is 5.82 Å². The molecule has 1 aliphatic heterocycles. The van der Waals surface area contributed by atoms with E-state index in [2.05, 4.69) is 15.9 Å². The number of hydrogen-bond acceptors (Lipinski definition) is 3. The molecule has 0 radical (unpaired) electrons. The van der Waals surface area contributed by atoms with Gasteiger partial charge in [0, 0.05) is 17.6 Å². The number of aliphatic hydroxyl groups is 1. The van der Waals surface area contributed by atoms with Gasteiger partial charge in [-0.15, -0.1) is 0 Å². The van der Waals surface area contributed by atoms with Crippen LogP contribution in [0.5, 0.6) is 0 Å². The highest BCUT2D eigenvalue weighted by atomic mass is 79.9. The highest BCUT2D eigenvalue weighted by Gasteiger charge is 2.26. The van der Waals surface area contributed by atoms with Gasteiger partial charge in [-0.1, -0.05) is 6.07 Å². The van der Waals surface area contributed by atoms with E-state index in [4.69, 9.17) is 9.84 Å². The number of aliphatic hydroxyl groups excluding tert-OH is 1. The van der Waals surface area contributed by atoms with Crippen LogP contribution >= 0.6 is 15.9 Å². The molecule has 1 aromatic rings. The first-order valence-electron chi connectivity index (χ1n) is 6.59. The second-order valence-corrected chi connectivity index (χ2v) is 5.54. The third-order valence-corrected chi connectivity index (χ3v) is 4.01. The molecule has 6 heteroatoms. The van der Waals surface area contributed by atoms with Gasteiger partial charge in [0.2, 0.25) is 0 Å². The highest BCUT2D eigenvalue weighted by Crippen LogP contribution is 2.23. The van der Waals surface area contributed by atoms with Crippen molar-refractivity contribution < 1.29 is 19.0 Å². The Balaban J connectivity index is 1.98. The SMILES string of the molecule is O=C(c1c(F)cccc1Br)N1CCC(OCCO)CC1. The Bertz CT molecular complexity index is 455. The number of carbonyl (C=O) groups excluding carboxylic acids is 1. The first-order chi connectivity index (χ1) is 9.63. The molecule has 1 heterocycles. The Kier molecular flexibility index (Phi) is 5.51. The monoisotopic (exact) mass is 345 g/mol. The number of halogens is 2. The van der Waals surface area contributed by atoms with Gasteiger partial charge >= 0.3 is 0 Å². The van der Waals surface area contributed by atoms with Gasteiger partial charge in [0.15, 0.2) is 0 Å². The number of likely N-dealkylation sites (tertiary alicyclic amines) is 1. The molecule has 1 amide bonds. The second-order valence-electron chi connectivity index (χ2n) is 4.68. The lowest BCUT2D eigenvalue weighted by atomic mass is 10.1. The minimum absolute atomic E-state index is 0.00131. The summed E-state index contributed by atoms with van der Waals surface area (Å²) in [5.74, 6) is -0.807. The quantitative estimate of drug-likeness (QED) is 0.910. The van der Waals surface area contributed by atoms with Crippen LogP contribution in [0.4, 0.5) is 4.39 Å². The number of carbonyl (C=O) groups is 1. The van der Waals surface area contributed by atoms with Crippen molar-refractivity contribution in [1.29, 1.82) is 0 Å². The van der Waals surface area contributed by atoms with Gasteiger partial charge in [-0.2, -0.15) is 0 Å². The summed E-state index contributed by atoms with van der Waals surface area (Å²) in [4.78, 5) is 14.0. The van der Waals surface area contributed by atoms with Gasteiger partial charge in [0.05, 0.1) is 24.9 Å². The van der Waals surface area contributed by atoms with Crippen LogP contribution in [-0.2, 0) is 4.74 Å². The van der Waals surface area contributed by atoms with Crippen LogP contribution in [0.25, 0.3) is 0 Å². The second kappa shape index (κ2) is 7.15. The summed E-state index contributed by atoms with van der Waals surface area (Å²) in [5.41, 5.74) is 0.0854. The van der Waals surface area contributed by atoms with E-state index in [-0.39, 0.29) is 24.2 Å². The molecule has 1 aromatic carbocycles. The van der Waals surface area contributed by atoms with Gasteiger partial charge in [-0.25, -0.2) is 4.39 Å². The van der Waals surface area contributed by atoms with E-state index in [1.54, 1.807) is 17.0 Å². The number of hydrogen-bond donors (Lipinski definition) is 1. The zero-order chi connectivity index (χ0) is 14.5. The Morgan fingerprint density at radius 1 is 1.45 bits per heavy atom. The Morgan fingerprint density at radius 3 is 2.75 bits per heavy atom. The molecule has 0 aliphatic carbocycles. The van der Waals surface area contributed by atoms with E-state index in [1.165, 1.54) is 6.07 Å². The molecule has 4 nitrogen and oxygen atoms in total. The molecule has 0 unspecified atom stereocenters. The molecule has 0 atom stereocenters. The molecule has 0 saturated carbocycles. The molecule has 1 aliphatic rings. The van der Waals surface area contributed by atoms with Crippen LogP contribution in [-0.4, -0.2) is 48.3 Å². The fourth-order valence-corrected chi connectivity index (χ4v) is 2.82. The predicted octanol–water partition coefficient (Wildman–Crippen LogP) is 2.20. The summed E-state index contributed by atoms with van der Waals surface area (Å²) in [6, 6.07) is 4.51. The molecule has 1 fully saturated rings. The Morgan fingerprint density at radius 2 is 2.15 bits per heavy atom. The fourth-order valence-electron chi connectivity index (χ4n) is 2.31. The average Bonchev–Trinajstić information content (AvgIpc) is 2.45. The smallest absolute Gasteiger partial charge is 0.257 e. The van der Waals surface area contributed by atoms with E-state index in [0.29, 0.717) is 37.0 Å². The van der Waals surface area contributed by atoms with Crippen LogP contribution in [0.2, 0.25) is 0 Å². The van der Waals surface area contributed by atoms with Crippen molar-refractivity contribution in [2.75, 3.05) is 26.3 Å². The van der Waals surface area contributed by atoms with Crippen LogP contribution in [0.1, 0.15) is 23.2 Å². The van der Waals surface area contributed by atoms with Crippen molar-refractivity contribution in [1.82, 2.24) is 4.90 Å². The molecule has 0 spiro atoms. The maximum absolute atomic E-state index is 13.8. The van der Waals surface area contributed by atoms with Crippen molar-refractivity contribution in [3.8, 4) is 0 Å². The van der Waals surface area contributed by atoms with Gasteiger partial charge in [-0.3, -0.25) is 4.79 Å². The molecular formula is C14H17BrFNO3. The first-order valence-corrected chi connectivity index (χ1v) is 7.38. The van der Waals surface area contributed by atoms with Crippen molar-refractivity contribution in [2.45, 2.75) is 18.9 Å². The van der Waals surface area contributed by atoms with Crippen LogP contribution in [0.3, 0.4) is 0 Å². The number of piperidine rings is 1. The maximum atomic E-state index is 13.8. The summed E-state index contributed by atoms with van der Waals surface area (Å²) in [6.07, 6.45) is 1.48. The zero-order valence-electron chi connectivity index (χ0n) is 11.0. The van der Waals surface area contributed by atoms with Gasteiger partial charge < -0.3 is 14.7 Å². The number of nitrogens with zero attached hydrogens (tertiary/aromatic N) is 1. The zero-order valence-corrected chi connectivity index (χ0v) is 12.6. The molecule has 1 N–H and O–H groups in total. The minimum atomic E-state index is -0.511. The normalized spacial score (nSPS) is 16.4. The summed E-state index contributed by atoms with van der Waals surface area (Å²) in [5, 5.41) is 8.71. The maximum Gasteiger partial charge on any atom is 0.257 e. The van der Waals surface area contributed by atoms with Crippen molar-refractivity contribution in [3.05, 3.63) is 34.1 Å². The number of ether oxygens (including phenoxy) is 1. The Labute approximate surface area is 125 Å². The molecule has 1 saturated heterocycles. The van der Waals surface area contributed by atoms with E-state index in [0.717, 1.165) is 0 Å². The topological polar surface area (TPSA) is 49.8 Å². The summed E-state index contributed by atoms with van der Waals surface area (Å²) in [6.45, 7) is 1.39. The van der Waals surface area contributed by atoms with E-state index < -0.39 is 5.82 Å². The molecular weight excluding hydrogens is 329 g/mol. The lowest BCUT2D eigenvalue weighted by molar-refractivity contribution is -0.00563. The van der Waals surface area contributed by atoms with Crippen LogP contribution in [0, 0.1) is 5.82 Å². The largest absolute Gasteiger partial charge is 0.394 e. The molecule has 20 heavy (non-hydrogen) atoms. The van der Waals surface area contributed by atoms with Crippen molar-refractivity contribution in [3.63, 3.8) is 0 Å². The van der Waals surface area contributed by atoms with Crippen molar-refractivity contribution in [2.24, 2.45) is 0 Å². The first kappa shape index (κ1) is 15.4. The van der Waals surface area contributed by atoms with Crippen molar-refractivity contribution >= 4 is 21.8 Å². The lowest BCUT2D eigenvalue weighted by Gasteiger charge is -2.32. The minimum Gasteiger partial charge on any atom is -0.394 e. The van der Waals surface area contributed by atoms with Crippen LogP contribution < -0.4 is 0 Å². The number of benzene rings is 1. The third-order valence-electron chi connectivity index (χ3n) is 3.35. The van der Waals surface area contributed by atoms with Crippen LogP contribution in [0.15, 0.2) is 22.7 Å². The van der Waals surface area contributed by atoms with E-state index >= 15 is 0 Å². The number of rotatable bonds is 4. The summed E-state index contributed by atoms with van der Waals surface area (Å²) in [7, 11) is 0. The highest BCUT2D eigenvalue weighted by molar-refractivity contribution is 9.10.